The molecular formula is C15H17NO2. The van der Waals surface area contributed by atoms with Crippen LogP contribution in [0.5, 0.6) is 5.75 Å². The average Bonchev–Trinajstić information content (AvgIpc) is 2.35. The Balaban J connectivity index is 2.29. The normalized spacial score (nSPS) is 10.3. The quantitative estimate of drug-likeness (QED) is 0.826. The molecule has 0 aliphatic carbocycles. The number of nitrogens with zero attached hydrogens (tertiary/aromatic N) is 1. The van der Waals surface area contributed by atoms with Gasteiger partial charge in [-0.2, -0.15) is 0 Å². The van der Waals surface area contributed by atoms with Crippen molar-refractivity contribution in [2.45, 2.75) is 20.4 Å². The lowest BCUT2D eigenvalue weighted by Gasteiger charge is -2.09. The predicted molar refractivity (Wildman–Crippen MR) is 72.2 cm³/mol. The second-order valence-electron chi connectivity index (χ2n) is 4.23. The van der Waals surface area contributed by atoms with E-state index in [1.54, 1.807) is 16.8 Å². The molecule has 0 N–H and O–H groups in total. The Hall–Kier alpha value is -2.03. The van der Waals surface area contributed by atoms with Gasteiger partial charge in [-0.05, 0) is 31.5 Å². The summed E-state index contributed by atoms with van der Waals surface area (Å²) in [6.45, 7) is 4.99. The predicted octanol–water partition coefficient (Wildman–Crippen LogP) is 2.60. The Morgan fingerprint density at radius 1 is 1.22 bits per heavy atom. The Labute approximate surface area is 107 Å². The number of rotatable bonds is 4. The summed E-state index contributed by atoms with van der Waals surface area (Å²) < 4.78 is 6.97. The minimum Gasteiger partial charge on any atom is -0.488 e. The van der Waals surface area contributed by atoms with Crippen molar-refractivity contribution in [3.63, 3.8) is 0 Å². The smallest absolute Gasteiger partial charge is 0.293 e. The topological polar surface area (TPSA) is 31.2 Å². The lowest BCUT2D eigenvalue weighted by atomic mass is 10.1. The zero-order valence-electron chi connectivity index (χ0n) is 10.7. The van der Waals surface area contributed by atoms with Gasteiger partial charge in [-0.25, -0.2) is 0 Å². The highest BCUT2D eigenvalue weighted by Gasteiger charge is 2.04. The standard InChI is InChI=1S/C15H17NO2/c1-3-18-14-8-5-9-16(15(14)17)11-13-7-4-6-12(2)10-13/h4-10H,3,11H2,1-2H3. The van der Waals surface area contributed by atoms with Gasteiger partial charge in [0.25, 0.3) is 5.56 Å². The van der Waals surface area contributed by atoms with Crippen LogP contribution in [0.4, 0.5) is 0 Å². The zero-order chi connectivity index (χ0) is 13.0. The van der Waals surface area contributed by atoms with Gasteiger partial charge in [0.2, 0.25) is 0 Å². The van der Waals surface area contributed by atoms with E-state index in [0.29, 0.717) is 18.9 Å². The van der Waals surface area contributed by atoms with Crippen molar-refractivity contribution in [3.05, 3.63) is 64.1 Å². The molecule has 1 heterocycles. The van der Waals surface area contributed by atoms with E-state index in [-0.39, 0.29) is 5.56 Å². The van der Waals surface area contributed by atoms with E-state index in [0.717, 1.165) is 5.56 Å². The largest absolute Gasteiger partial charge is 0.488 e. The fourth-order valence-electron chi connectivity index (χ4n) is 1.91. The number of benzene rings is 1. The molecule has 0 aliphatic rings. The van der Waals surface area contributed by atoms with E-state index >= 15 is 0 Å². The van der Waals surface area contributed by atoms with Crippen molar-refractivity contribution >= 4 is 0 Å². The molecule has 18 heavy (non-hydrogen) atoms. The molecule has 0 fully saturated rings. The van der Waals surface area contributed by atoms with Crippen LogP contribution in [0.15, 0.2) is 47.4 Å². The maximum absolute atomic E-state index is 12.1. The molecule has 0 atom stereocenters. The number of hydrogen-bond acceptors (Lipinski definition) is 2. The fraction of sp³-hybridized carbons (Fsp3) is 0.267. The van der Waals surface area contributed by atoms with Crippen molar-refractivity contribution in [1.82, 2.24) is 4.57 Å². The van der Waals surface area contributed by atoms with Crippen molar-refractivity contribution in [2.24, 2.45) is 0 Å². The summed E-state index contributed by atoms with van der Waals surface area (Å²) in [5.41, 5.74) is 2.23. The summed E-state index contributed by atoms with van der Waals surface area (Å²) in [5, 5.41) is 0. The number of hydrogen-bond donors (Lipinski definition) is 0. The highest BCUT2D eigenvalue weighted by Crippen LogP contribution is 2.07. The first-order valence-corrected chi connectivity index (χ1v) is 6.08. The van der Waals surface area contributed by atoms with E-state index in [4.69, 9.17) is 4.74 Å². The summed E-state index contributed by atoms with van der Waals surface area (Å²) in [4.78, 5) is 12.1. The van der Waals surface area contributed by atoms with Gasteiger partial charge < -0.3 is 9.30 Å². The van der Waals surface area contributed by atoms with Crippen molar-refractivity contribution < 1.29 is 4.74 Å². The highest BCUT2D eigenvalue weighted by atomic mass is 16.5. The van der Waals surface area contributed by atoms with Crippen molar-refractivity contribution in [1.29, 1.82) is 0 Å². The van der Waals surface area contributed by atoms with E-state index in [9.17, 15) is 4.79 Å². The van der Waals surface area contributed by atoms with E-state index in [1.807, 2.05) is 38.1 Å². The molecule has 0 saturated carbocycles. The molecule has 0 spiro atoms. The maximum Gasteiger partial charge on any atom is 0.293 e. The Morgan fingerprint density at radius 2 is 2.06 bits per heavy atom. The van der Waals surface area contributed by atoms with Crippen LogP contribution in [-0.2, 0) is 6.54 Å². The van der Waals surface area contributed by atoms with Crippen LogP contribution in [0.25, 0.3) is 0 Å². The van der Waals surface area contributed by atoms with E-state index < -0.39 is 0 Å². The second kappa shape index (κ2) is 5.54. The van der Waals surface area contributed by atoms with Crippen molar-refractivity contribution in [2.75, 3.05) is 6.61 Å². The number of aromatic nitrogens is 1. The molecule has 3 heteroatoms. The summed E-state index contributed by atoms with van der Waals surface area (Å²) in [7, 11) is 0. The van der Waals surface area contributed by atoms with Crippen LogP contribution < -0.4 is 10.3 Å². The van der Waals surface area contributed by atoms with Crippen LogP contribution in [0, 0.1) is 6.92 Å². The van der Waals surface area contributed by atoms with Crippen LogP contribution >= 0.6 is 0 Å². The molecule has 0 saturated heterocycles. The molecule has 0 aliphatic heterocycles. The van der Waals surface area contributed by atoms with Gasteiger partial charge in [0.05, 0.1) is 13.2 Å². The third-order valence-electron chi connectivity index (χ3n) is 2.72. The summed E-state index contributed by atoms with van der Waals surface area (Å²) in [6, 6.07) is 11.7. The number of aryl methyl sites for hydroxylation is 1. The molecule has 0 bridgehead atoms. The van der Waals surface area contributed by atoms with Crippen LogP contribution in [0.1, 0.15) is 18.1 Å². The molecule has 2 rings (SSSR count). The molecule has 3 nitrogen and oxygen atoms in total. The highest BCUT2D eigenvalue weighted by molar-refractivity contribution is 5.24. The third-order valence-corrected chi connectivity index (χ3v) is 2.72. The minimum absolute atomic E-state index is 0.0825. The molecule has 1 aromatic carbocycles. The Morgan fingerprint density at radius 3 is 2.78 bits per heavy atom. The SMILES string of the molecule is CCOc1cccn(Cc2cccc(C)c2)c1=O. The number of pyridine rings is 1. The van der Waals surface area contributed by atoms with Crippen molar-refractivity contribution in [3.8, 4) is 5.75 Å². The van der Waals surface area contributed by atoms with Crippen LogP contribution in [0.2, 0.25) is 0 Å². The molecule has 94 valence electrons. The fourth-order valence-corrected chi connectivity index (χ4v) is 1.91. The molecule has 2 aromatic rings. The molecular weight excluding hydrogens is 226 g/mol. The van der Waals surface area contributed by atoms with E-state index in [1.165, 1.54) is 5.56 Å². The minimum atomic E-state index is -0.0825. The number of ether oxygens (including phenoxy) is 1. The second-order valence-corrected chi connectivity index (χ2v) is 4.23. The van der Waals surface area contributed by atoms with Gasteiger partial charge in [0.1, 0.15) is 0 Å². The van der Waals surface area contributed by atoms with Crippen LogP contribution in [-0.4, -0.2) is 11.2 Å². The summed E-state index contributed by atoms with van der Waals surface area (Å²) in [5.74, 6) is 0.410. The molecule has 0 amide bonds. The Bertz CT molecular complexity index is 587. The third kappa shape index (κ3) is 2.80. The van der Waals surface area contributed by atoms with Gasteiger partial charge in [-0.1, -0.05) is 29.8 Å². The van der Waals surface area contributed by atoms with E-state index in [2.05, 4.69) is 6.07 Å². The first kappa shape index (κ1) is 12.4. The average molecular weight is 243 g/mol. The molecule has 1 aromatic heterocycles. The van der Waals surface area contributed by atoms with Gasteiger partial charge >= 0.3 is 0 Å². The van der Waals surface area contributed by atoms with Gasteiger partial charge in [-0.3, -0.25) is 4.79 Å². The first-order valence-electron chi connectivity index (χ1n) is 6.08. The summed E-state index contributed by atoms with van der Waals surface area (Å²) >= 11 is 0. The van der Waals surface area contributed by atoms with Gasteiger partial charge in [0, 0.05) is 6.20 Å². The monoisotopic (exact) mass is 243 g/mol. The Kier molecular flexibility index (Phi) is 3.82. The lowest BCUT2D eigenvalue weighted by molar-refractivity contribution is 0.332. The maximum atomic E-state index is 12.1. The summed E-state index contributed by atoms with van der Waals surface area (Å²) in [6.07, 6.45) is 1.78. The zero-order valence-corrected chi connectivity index (χ0v) is 10.7. The lowest BCUT2D eigenvalue weighted by Crippen LogP contribution is -2.21. The van der Waals surface area contributed by atoms with Gasteiger partial charge in [-0.15, -0.1) is 0 Å². The van der Waals surface area contributed by atoms with Crippen LogP contribution in [0.3, 0.4) is 0 Å². The molecule has 0 unspecified atom stereocenters. The molecule has 0 radical (unpaired) electrons. The van der Waals surface area contributed by atoms with Gasteiger partial charge in [0.15, 0.2) is 5.75 Å². The first-order chi connectivity index (χ1) is 8.70.